The minimum atomic E-state index is -0.528. The number of ether oxygens (including phenoxy) is 1. The van der Waals surface area contributed by atoms with Crippen LogP contribution in [0.4, 0.5) is 5.69 Å². The number of halogens is 1. The number of nitrogens with zero attached hydrogens (tertiary/aromatic N) is 2. The summed E-state index contributed by atoms with van der Waals surface area (Å²) in [6.45, 7) is 1.52. The molecule has 0 saturated carbocycles. The lowest BCUT2D eigenvalue weighted by molar-refractivity contribution is -0.386. The van der Waals surface area contributed by atoms with Crippen LogP contribution in [0, 0.1) is 28.4 Å². The maximum atomic E-state index is 10.7. The molecule has 0 fully saturated rings. The fourth-order valence-electron chi connectivity index (χ4n) is 1.26. The third-order valence-corrected chi connectivity index (χ3v) is 2.58. The summed E-state index contributed by atoms with van der Waals surface area (Å²) in [4.78, 5) is 10.2. The Balaban J connectivity index is 3.61. The van der Waals surface area contributed by atoms with Crippen LogP contribution in [0.5, 0.6) is 5.75 Å². The molecule has 0 radical (unpaired) electrons. The summed E-state index contributed by atoms with van der Waals surface area (Å²) in [6, 6.07) is 3.31. The highest BCUT2D eigenvalue weighted by Crippen LogP contribution is 2.36. The van der Waals surface area contributed by atoms with Gasteiger partial charge in [0.05, 0.1) is 16.5 Å². The van der Waals surface area contributed by atoms with Gasteiger partial charge in [0.1, 0.15) is 17.4 Å². The fraction of sp³-hybridized carbons (Fsp3) is 0.222. The summed E-state index contributed by atoms with van der Waals surface area (Å²) in [5.41, 5.74) is 0.383. The maximum absolute atomic E-state index is 10.7. The molecule has 0 N–H and O–H groups in total. The van der Waals surface area contributed by atoms with Crippen molar-refractivity contribution < 1.29 is 9.66 Å². The molecule has 0 atom stereocenters. The Labute approximate surface area is 94.6 Å². The second kappa shape index (κ2) is 4.28. The van der Waals surface area contributed by atoms with Crippen LogP contribution in [0.3, 0.4) is 0 Å². The highest BCUT2D eigenvalue weighted by Gasteiger charge is 2.22. The zero-order valence-electron chi connectivity index (χ0n) is 8.07. The summed E-state index contributed by atoms with van der Waals surface area (Å²) in [5.74, 6) is 0.326. The second-order valence-electron chi connectivity index (χ2n) is 2.78. The van der Waals surface area contributed by atoms with E-state index in [0.29, 0.717) is 15.8 Å². The van der Waals surface area contributed by atoms with E-state index < -0.39 is 4.92 Å². The van der Waals surface area contributed by atoms with E-state index >= 15 is 0 Å². The van der Waals surface area contributed by atoms with Gasteiger partial charge in [0.2, 0.25) is 0 Å². The minimum absolute atomic E-state index is 0.104. The van der Waals surface area contributed by atoms with Crippen molar-refractivity contribution in [2.24, 2.45) is 0 Å². The van der Waals surface area contributed by atoms with Crippen LogP contribution in [0.2, 0.25) is 0 Å². The predicted octanol–water partition coefficient (Wildman–Crippen LogP) is 2.55. The van der Waals surface area contributed by atoms with E-state index in [4.69, 9.17) is 10.00 Å². The highest BCUT2D eigenvalue weighted by molar-refractivity contribution is 9.10. The second-order valence-corrected chi connectivity index (χ2v) is 3.63. The lowest BCUT2D eigenvalue weighted by Crippen LogP contribution is -1.98. The van der Waals surface area contributed by atoms with Gasteiger partial charge in [-0.15, -0.1) is 0 Å². The average Bonchev–Trinajstić information content (AvgIpc) is 2.16. The van der Waals surface area contributed by atoms with Crippen LogP contribution in [-0.2, 0) is 0 Å². The summed E-state index contributed by atoms with van der Waals surface area (Å²) < 4.78 is 5.26. The predicted molar refractivity (Wildman–Crippen MR) is 56.8 cm³/mol. The van der Waals surface area contributed by atoms with Crippen molar-refractivity contribution in [3.05, 3.63) is 31.8 Å². The monoisotopic (exact) mass is 270 g/mol. The number of methoxy groups -OCH3 is 1. The Hall–Kier alpha value is -1.61. The summed E-state index contributed by atoms with van der Waals surface area (Å²) in [7, 11) is 1.41. The number of benzene rings is 1. The van der Waals surface area contributed by atoms with Crippen LogP contribution in [-0.4, -0.2) is 12.0 Å². The zero-order valence-corrected chi connectivity index (χ0v) is 9.66. The van der Waals surface area contributed by atoms with Crippen molar-refractivity contribution in [1.82, 2.24) is 0 Å². The van der Waals surface area contributed by atoms with E-state index in [-0.39, 0.29) is 11.3 Å². The summed E-state index contributed by atoms with van der Waals surface area (Å²) in [5, 5.41) is 19.6. The Morgan fingerprint density at radius 1 is 1.67 bits per heavy atom. The highest BCUT2D eigenvalue weighted by atomic mass is 79.9. The molecule has 0 aliphatic rings. The van der Waals surface area contributed by atoms with Gasteiger partial charge >= 0.3 is 0 Å². The minimum Gasteiger partial charge on any atom is -0.495 e. The SMILES string of the molecule is COc1cc(Br)c([N+](=O)[O-])c(C)c1C#N. The van der Waals surface area contributed by atoms with Crippen molar-refractivity contribution in [2.75, 3.05) is 7.11 Å². The number of nitro benzene ring substituents is 1. The molecule has 0 heterocycles. The molecule has 15 heavy (non-hydrogen) atoms. The van der Waals surface area contributed by atoms with Gasteiger partial charge in [-0.3, -0.25) is 10.1 Å². The number of rotatable bonds is 2. The Morgan fingerprint density at radius 3 is 2.67 bits per heavy atom. The quantitative estimate of drug-likeness (QED) is 0.611. The lowest BCUT2D eigenvalue weighted by atomic mass is 10.1. The van der Waals surface area contributed by atoms with Crippen molar-refractivity contribution in [3.8, 4) is 11.8 Å². The summed E-state index contributed by atoms with van der Waals surface area (Å²) in [6.07, 6.45) is 0. The number of hydrogen-bond acceptors (Lipinski definition) is 4. The fourth-order valence-corrected chi connectivity index (χ4v) is 1.91. The van der Waals surface area contributed by atoms with Gasteiger partial charge in [-0.05, 0) is 22.9 Å². The molecular formula is C9H7BrN2O3. The Morgan fingerprint density at radius 2 is 2.27 bits per heavy atom. The maximum Gasteiger partial charge on any atom is 0.287 e. The van der Waals surface area contributed by atoms with Crippen LogP contribution in [0.25, 0.3) is 0 Å². The van der Waals surface area contributed by atoms with Gasteiger partial charge in [0, 0.05) is 11.6 Å². The van der Waals surface area contributed by atoms with Crippen molar-refractivity contribution in [1.29, 1.82) is 5.26 Å². The smallest absolute Gasteiger partial charge is 0.287 e. The Kier molecular flexibility index (Phi) is 3.27. The molecule has 0 spiro atoms. The van der Waals surface area contributed by atoms with E-state index in [1.807, 2.05) is 6.07 Å². The summed E-state index contributed by atoms with van der Waals surface area (Å²) >= 11 is 3.07. The van der Waals surface area contributed by atoms with E-state index in [1.54, 1.807) is 0 Å². The van der Waals surface area contributed by atoms with Gasteiger partial charge in [0.25, 0.3) is 5.69 Å². The molecule has 0 aromatic heterocycles. The largest absolute Gasteiger partial charge is 0.495 e. The van der Waals surface area contributed by atoms with Crippen molar-refractivity contribution >= 4 is 21.6 Å². The molecule has 1 rings (SSSR count). The molecule has 0 bridgehead atoms. The zero-order chi connectivity index (χ0) is 11.6. The third kappa shape index (κ3) is 1.92. The average molecular weight is 271 g/mol. The first kappa shape index (κ1) is 11.5. The van der Waals surface area contributed by atoms with Gasteiger partial charge in [-0.25, -0.2) is 0 Å². The topological polar surface area (TPSA) is 76.2 Å². The van der Waals surface area contributed by atoms with E-state index in [2.05, 4.69) is 15.9 Å². The molecule has 0 amide bonds. The standard InChI is InChI=1S/C9H7BrN2O3/c1-5-6(4-11)8(15-2)3-7(10)9(5)12(13)14/h3H,1-2H3. The van der Waals surface area contributed by atoms with Gasteiger partial charge < -0.3 is 4.74 Å². The molecule has 1 aromatic carbocycles. The van der Waals surface area contributed by atoms with Gasteiger partial charge in [-0.2, -0.15) is 5.26 Å². The number of hydrogen-bond donors (Lipinski definition) is 0. The molecule has 5 nitrogen and oxygen atoms in total. The van der Waals surface area contributed by atoms with Crippen LogP contribution >= 0.6 is 15.9 Å². The third-order valence-electron chi connectivity index (χ3n) is 1.97. The molecule has 78 valence electrons. The van der Waals surface area contributed by atoms with Gasteiger partial charge in [0.15, 0.2) is 0 Å². The molecular weight excluding hydrogens is 264 g/mol. The lowest BCUT2D eigenvalue weighted by Gasteiger charge is -2.07. The van der Waals surface area contributed by atoms with Gasteiger partial charge in [-0.1, -0.05) is 0 Å². The first-order valence-electron chi connectivity index (χ1n) is 3.94. The van der Waals surface area contributed by atoms with Crippen molar-refractivity contribution in [3.63, 3.8) is 0 Å². The molecule has 0 aliphatic carbocycles. The van der Waals surface area contributed by atoms with Crippen LogP contribution < -0.4 is 4.74 Å². The van der Waals surface area contributed by atoms with E-state index in [1.165, 1.54) is 20.1 Å². The molecule has 0 saturated heterocycles. The molecule has 0 unspecified atom stereocenters. The van der Waals surface area contributed by atoms with Crippen molar-refractivity contribution in [2.45, 2.75) is 6.92 Å². The van der Waals surface area contributed by atoms with Crippen LogP contribution in [0.1, 0.15) is 11.1 Å². The first-order valence-corrected chi connectivity index (χ1v) is 4.73. The Bertz CT molecular complexity index is 465. The normalized spacial score (nSPS) is 9.47. The van der Waals surface area contributed by atoms with E-state index in [9.17, 15) is 10.1 Å². The van der Waals surface area contributed by atoms with Crippen LogP contribution in [0.15, 0.2) is 10.5 Å². The first-order chi connectivity index (χ1) is 7.02. The molecule has 6 heteroatoms. The van der Waals surface area contributed by atoms with E-state index in [0.717, 1.165) is 0 Å². The number of nitro groups is 1. The number of nitriles is 1. The molecule has 1 aromatic rings. The molecule has 0 aliphatic heterocycles.